The second-order valence-corrected chi connectivity index (χ2v) is 10.1. The van der Waals surface area contributed by atoms with E-state index in [0.717, 1.165) is 22.1 Å². The monoisotopic (exact) mass is 423 g/mol. The molecule has 0 radical (unpaired) electrons. The van der Waals surface area contributed by atoms with E-state index in [4.69, 9.17) is 4.42 Å². The van der Waals surface area contributed by atoms with Crippen LogP contribution in [0.3, 0.4) is 0 Å². The molecule has 0 spiro atoms. The van der Waals surface area contributed by atoms with Crippen molar-refractivity contribution in [3.05, 3.63) is 77.1 Å². The van der Waals surface area contributed by atoms with Crippen LogP contribution >= 0.6 is 0 Å². The van der Waals surface area contributed by atoms with Crippen molar-refractivity contribution >= 4 is 32.8 Å². The number of rotatable bonds is 5. The van der Waals surface area contributed by atoms with Crippen LogP contribution < -0.4 is 0 Å². The molecule has 30 heavy (non-hydrogen) atoms. The molecule has 0 aliphatic carbocycles. The quantitative estimate of drug-likeness (QED) is 0.610. The molecule has 0 bridgehead atoms. The number of sulfone groups is 1. The molecule has 1 unspecified atom stereocenters. The minimum absolute atomic E-state index is 0.00367. The molecule has 2 heterocycles. The van der Waals surface area contributed by atoms with Crippen LogP contribution in [0.5, 0.6) is 0 Å². The summed E-state index contributed by atoms with van der Waals surface area (Å²) in [5.41, 5.74) is 3.54. The zero-order valence-corrected chi connectivity index (χ0v) is 18.0. The van der Waals surface area contributed by atoms with Crippen molar-refractivity contribution < 1.29 is 17.6 Å². The second-order valence-electron chi connectivity index (χ2n) is 7.88. The van der Waals surface area contributed by atoms with Gasteiger partial charge in [-0.2, -0.15) is 0 Å². The number of furan rings is 1. The first-order chi connectivity index (χ1) is 14.3. The van der Waals surface area contributed by atoms with Crippen LogP contribution in [0.2, 0.25) is 0 Å². The Balaban J connectivity index is 1.65. The van der Waals surface area contributed by atoms with Crippen LogP contribution in [-0.4, -0.2) is 43.3 Å². The third-order valence-electron chi connectivity index (χ3n) is 5.61. The minimum Gasteiger partial charge on any atom is -0.451 e. The smallest absolute Gasteiger partial charge is 0.290 e. The number of fused-ring (bicyclic) bond motifs is 1. The lowest BCUT2D eigenvalue weighted by molar-refractivity contribution is 0.0689. The third-order valence-corrected chi connectivity index (χ3v) is 7.36. The molecule has 6 heteroatoms. The van der Waals surface area contributed by atoms with Gasteiger partial charge < -0.3 is 9.32 Å². The van der Waals surface area contributed by atoms with E-state index in [1.165, 1.54) is 0 Å². The van der Waals surface area contributed by atoms with Crippen molar-refractivity contribution in [2.75, 3.05) is 18.1 Å². The summed E-state index contributed by atoms with van der Waals surface area (Å²) in [4.78, 5) is 15.1. The lowest BCUT2D eigenvalue weighted by atomic mass is 10.1. The summed E-state index contributed by atoms with van der Waals surface area (Å²) >= 11 is 0. The van der Waals surface area contributed by atoms with Gasteiger partial charge in [0.25, 0.3) is 5.91 Å². The topological polar surface area (TPSA) is 67.6 Å². The molecule has 1 fully saturated rings. The largest absolute Gasteiger partial charge is 0.451 e. The zero-order valence-electron chi connectivity index (χ0n) is 17.2. The number of carbonyl (C=O) groups is 1. The van der Waals surface area contributed by atoms with Crippen LogP contribution in [0.15, 0.2) is 59.0 Å². The van der Waals surface area contributed by atoms with E-state index in [-0.39, 0.29) is 29.2 Å². The fraction of sp³-hybridized carbons (Fsp3) is 0.292. The van der Waals surface area contributed by atoms with Gasteiger partial charge >= 0.3 is 0 Å². The summed E-state index contributed by atoms with van der Waals surface area (Å²) in [6.07, 6.45) is 4.30. The van der Waals surface area contributed by atoms with Crippen LogP contribution in [-0.2, 0) is 9.84 Å². The predicted molar refractivity (Wildman–Crippen MR) is 119 cm³/mol. The maximum atomic E-state index is 13.5. The first-order valence-electron chi connectivity index (χ1n) is 10.1. The Morgan fingerprint density at radius 2 is 1.93 bits per heavy atom. The number of carbonyl (C=O) groups excluding carboxylic acids is 1. The molecule has 3 aromatic rings. The number of hydrogen-bond donors (Lipinski definition) is 0. The molecular formula is C24H25NO4S. The van der Waals surface area contributed by atoms with Gasteiger partial charge in [0.2, 0.25) is 0 Å². The molecular weight excluding hydrogens is 398 g/mol. The Bertz CT molecular complexity index is 1210. The number of hydrogen-bond acceptors (Lipinski definition) is 4. The van der Waals surface area contributed by atoms with Gasteiger partial charge in [-0.05, 0) is 37.5 Å². The predicted octanol–water partition coefficient (Wildman–Crippen LogP) is 4.39. The molecule has 1 saturated heterocycles. The second kappa shape index (κ2) is 8.11. The summed E-state index contributed by atoms with van der Waals surface area (Å²) in [5, 5.41) is 0.905. The molecule has 1 aliphatic heterocycles. The van der Waals surface area contributed by atoms with Gasteiger partial charge in [-0.15, -0.1) is 0 Å². The van der Waals surface area contributed by atoms with Crippen molar-refractivity contribution in [3.8, 4) is 0 Å². The normalized spacial score (nSPS) is 18.3. The summed E-state index contributed by atoms with van der Waals surface area (Å²) in [7, 11) is -3.12. The minimum atomic E-state index is -3.12. The molecule has 2 aromatic carbocycles. The lowest BCUT2D eigenvalue weighted by Gasteiger charge is -2.26. The highest BCUT2D eigenvalue weighted by Crippen LogP contribution is 2.29. The molecule has 1 amide bonds. The Labute approximate surface area is 176 Å². The number of benzene rings is 2. The number of nitrogens with zero attached hydrogens (tertiary/aromatic N) is 1. The van der Waals surface area contributed by atoms with Gasteiger partial charge in [-0.1, -0.05) is 54.6 Å². The maximum Gasteiger partial charge on any atom is 0.290 e. The highest BCUT2D eigenvalue weighted by atomic mass is 32.2. The first-order valence-corrected chi connectivity index (χ1v) is 11.9. The summed E-state index contributed by atoms with van der Waals surface area (Å²) in [6, 6.07) is 15.3. The van der Waals surface area contributed by atoms with Gasteiger partial charge in [0.05, 0.1) is 11.5 Å². The van der Waals surface area contributed by atoms with E-state index in [2.05, 4.69) is 0 Å². The van der Waals surface area contributed by atoms with Crippen molar-refractivity contribution in [2.24, 2.45) is 0 Å². The summed E-state index contributed by atoms with van der Waals surface area (Å²) < 4.78 is 30.1. The molecule has 5 nitrogen and oxygen atoms in total. The zero-order chi connectivity index (χ0) is 21.3. The van der Waals surface area contributed by atoms with Crippen molar-refractivity contribution in [1.82, 2.24) is 4.90 Å². The highest BCUT2D eigenvalue weighted by Gasteiger charge is 2.36. The summed E-state index contributed by atoms with van der Waals surface area (Å²) in [6.45, 7) is 4.17. The van der Waals surface area contributed by atoms with E-state index in [0.29, 0.717) is 18.5 Å². The number of amides is 1. The molecule has 0 N–H and O–H groups in total. The Hall–Kier alpha value is -2.86. The molecule has 1 aliphatic rings. The van der Waals surface area contributed by atoms with Gasteiger partial charge in [-0.3, -0.25) is 4.79 Å². The molecule has 0 saturated carbocycles. The van der Waals surface area contributed by atoms with Gasteiger partial charge in [0.1, 0.15) is 5.58 Å². The van der Waals surface area contributed by atoms with Crippen LogP contribution in [0.4, 0.5) is 0 Å². The van der Waals surface area contributed by atoms with E-state index in [1.54, 1.807) is 4.90 Å². The van der Waals surface area contributed by atoms with Crippen LogP contribution in [0, 0.1) is 13.8 Å². The molecule has 4 rings (SSSR count). The fourth-order valence-corrected chi connectivity index (χ4v) is 5.68. The average molecular weight is 424 g/mol. The Morgan fingerprint density at radius 3 is 2.63 bits per heavy atom. The average Bonchev–Trinajstić information content (AvgIpc) is 3.24. The third kappa shape index (κ3) is 4.19. The van der Waals surface area contributed by atoms with Crippen LogP contribution in [0.1, 0.15) is 33.7 Å². The number of aryl methyl sites for hydroxylation is 2. The molecule has 1 aromatic heterocycles. The van der Waals surface area contributed by atoms with Crippen molar-refractivity contribution in [1.29, 1.82) is 0 Å². The van der Waals surface area contributed by atoms with Crippen molar-refractivity contribution in [2.45, 2.75) is 26.3 Å². The van der Waals surface area contributed by atoms with Crippen molar-refractivity contribution in [3.63, 3.8) is 0 Å². The fourth-order valence-electron chi connectivity index (χ4n) is 3.95. The first kappa shape index (κ1) is 20.4. The van der Waals surface area contributed by atoms with Gasteiger partial charge in [0, 0.05) is 23.5 Å². The summed E-state index contributed by atoms with van der Waals surface area (Å²) in [5.74, 6) is 0.132. The van der Waals surface area contributed by atoms with Gasteiger partial charge in [0.15, 0.2) is 15.6 Å². The van der Waals surface area contributed by atoms with Gasteiger partial charge in [-0.25, -0.2) is 8.42 Å². The SMILES string of the molecule is Cc1ccc2c(C)c(C(=O)N(C/C=C/c3ccccc3)C3CCS(=O)(=O)C3)oc2c1. The van der Waals surface area contributed by atoms with Crippen LogP contribution in [0.25, 0.3) is 17.0 Å². The Morgan fingerprint density at radius 1 is 1.17 bits per heavy atom. The van der Waals surface area contributed by atoms with E-state index < -0.39 is 9.84 Å². The molecule has 1 atom stereocenters. The highest BCUT2D eigenvalue weighted by molar-refractivity contribution is 7.91. The standard InChI is InChI=1S/C24H25NO4S/c1-17-10-11-21-18(2)23(29-22(21)15-17)24(26)25(20-12-14-30(27,28)16-20)13-6-9-19-7-4-3-5-8-19/h3-11,15,20H,12-14,16H2,1-2H3/b9-6+. The van der Waals surface area contributed by atoms with E-state index in [9.17, 15) is 13.2 Å². The lowest BCUT2D eigenvalue weighted by Crippen LogP contribution is -2.41. The molecule has 156 valence electrons. The van der Waals surface area contributed by atoms with E-state index in [1.807, 2.05) is 74.5 Å². The Kier molecular flexibility index (Phi) is 5.52. The maximum absolute atomic E-state index is 13.5. The van der Waals surface area contributed by atoms with E-state index >= 15 is 0 Å².